The zero-order valence-corrected chi connectivity index (χ0v) is 13.2. The molecule has 2 unspecified atom stereocenters. The SMILES string of the molecule is O=C1OCC(COC(=O)c2cccc(C(=O)OCC3COC(=O)O3)n2)O1. The van der Waals surface area contributed by atoms with Crippen molar-refractivity contribution < 1.29 is 47.6 Å². The topological polar surface area (TPSA) is 137 Å². The lowest BCUT2D eigenvalue weighted by molar-refractivity contribution is 0.0282. The van der Waals surface area contributed by atoms with Gasteiger partial charge in [0.15, 0.2) is 12.2 Å². The summed E-state index contributed by atoms with van der Waals surface area (Å²) < 4.78 is 28.5. The molecule has 0 radical (unpaired) electrons. The first-order valence-corrected chi connectivity index (χ1v) is 7.49. The quantitative estimate of drug-likeness (QED) is 0.512. The normalized spacial score (nSPS) is 21.2. The number of carbonyl (C=O) groups excluding carboxylic acids is 4. The molecule has 0 N–H and O–H groups in total. The van der Waals surface area contributed by atoms with Crippen LogP contribution in [-0.2, 0) is 28.4 Å². The first-order valence-electron chi connectivity index (χ1n) is 7.49. The summed E-state index contributed by atoms with van der Waals surface area (Å²) in [5.41, 5.74) is -0.249. The van der Waals surface area contributed by atoms with Gasteiger partial charge in [0, 0.05) is 0 Å². The molecule has 0 bridgehead atoms. The van der Waals surface area contributed by atoms with Gasteiger partial charge in [-0.15, -0.1) is 0 Å². The number of hydrogen-bond donors (Lipinski definition) is 0. The molecule has 26 heavy (non-hydrogen) atoms. The largest absolute Gasteiger partial charge is 0.508 e. The van der Waals surface area contributed by atoms with Gasteiger partial charge in [0.2, 0.25) is 0 Å². The summed E-state index contributed by atoms with van der Waals surface area (Å²) in [6.07, 6.45) is -3.02. The van der Waals surface area contributed by atoms with E-state index in [1.807, 2.05) is 0 Å². The third-order valence-electron chi connectivity index (χ3n) is 3.27. The Bertz CT molecular complexity index is 676. The van der Waals surface area contributed by atoms with Crippen molar-refractivity contribution in [3.05, 3.63) is 29.6 Å². The summed E-state index contributed by atoms with van der Waals surface area (Å²) in [5.74, 6) is -1.61. The monoisotopic (exact) mass is 367 g/mol. The van der Waals surface area contributed by atoms with Crippen LogP contribution in [0.15, 0.2) is 18.2 Å². The first-order chi connectivity index (χ1) is 12.5. The minimum absolute atomic E-state index is 0.0125. The molecule has 0 spiro atoms. The predicted molar refractivity (Wildman–Crippen MR) is 77.2 cm³/mol. The Hall–Kier alpha value is -3.37. The highest BCUT2D eigenvalue weighted by molar-refractivity contribution is 5.91. The van der Waals surface area contributed by atoms with Gasteiger partial charge in [-0.05, 0) is 12.1 Å². The zero-order chi connectivity index (χ0) is 18.5. The molecule has 11 heteroatoms. The van der Waals surface area contributed by atoms with Gasteiger partial charge >= 0.3 is 24.2 Å². The Morgan fingerprint density at radius 2 is 1.38 bits per heavy atom. The number of hydrogen-bond acceptors (Lipinski definition) is 11. The Balaban J connectivity index is 1.51. The minimum Gasteiger partial charge on any atom is -0.457 e. The van der Waals surface area contributed by atoms with Gasteiger partial charge in [-0.3, -0.25) is 0 Å². The van der Waals surface area contributed by atoms with Crippen molar-refractivity contribution in [2.75, 3.05) is 26.4 Å². The third kappa shape index (κ3) is 4.37. The van der Waals surface area contributed by atoms with Gasteiger partial charge < -0.3 is 28.4 Å². The lowest BCUT2D eigenvalue weighted by Crippen LogP contribution is -2.23. The fraction of sp³-hybridized carbons (Fsp3) is 0.400. The second kappa shape index (κ2) is 7.68. The van der Waals surface area contributed by atoms with Crippen LogP contribution in [0.3, 0.4) is 0 Å². The maximum atomic E-state index is 12.0. The molecule has 0 saturated carbocycles. The molecule has 138 valence electrons. The lowest BCUT2D eigenvalue weighted by atomic mass is 10.3. The number of esters is 2. The number of rotatable bonds is 6. The van der Waals surface area contributed by atoms with Crippen LogP contribution in [0.2, 0.25) is 0 Å². The number of ether oxygens (including phenoxy) is 6. The molecule has 2 fully saturated rings. The van der Waals surface area contributed by atoms with Crippen molar-refractivity contribution in [2.24, 2.45) is 0 Å². The molecule has 0 amide bonds. The van der Waals surface area contributed by atoms with Crippen molar-refractivity contribution in [3.63, 3.8) is 0 Å². The molecular formula is C15H13NO10. The van der Waals surface area contributed by atoms with E-state index >= 15 is 0 Å². The molecule has 2 aliphatic rings. The van der Waals surface area contributed by atoms with E-state index in [-0.39, 0.29) is 37.8 Å². The smallest absolute Gasteiger partial charge is 0.457 e. The highest BCUT2D eigenvalue weighted by atomic mass is 16.8. The highest BCUT2D eigenvalue weighted by Crippen LogP contribution is 2.10. The molecular weight excluding hydrogens is 354 g/mol. The van der Waals surface area contributed by atoms with Crippen LogP contribution < -0.4 is 0 Å². The summed E-state index contributed by atoms with van der Waals surface area (Å²) in [5, 5.41) is 0. The summed E-state index contributed by atoms with van der Waals surface area (Å²) in [4.78, 5) is 49.4. The molecule has 0 aliphatic carbocycles. The van der Waals surface area contributed by atoms with Crippen LogP contribution in [0.1, 0.15) is 21.0 Å². The Labute approximate surface area is 146 Å². The van der Waals surface area contributed by atoms with E-state index in [2.05, 4.69) is 14.5 Å². The van der Waals surface area contributed by atoms with E-state index in [1.165, 1.54) is 18.2 Å². The van der Waals surface area contributed by atoms with Crippen molar-refractivity contribution in [2.45, 2.75) is 12.2 Å². The van der Waals surface area contributed by atoms with Gasteiger partial charge in [-0.1, -0.05) is 6.07 Å². The van der Waals surface area contributed by atoms with Gasteiger partial charge in [0.05, 0.1) is 0 Å². The Morgan fingerprint density at radius 3 is 1.77 bits per heavy atom. The molecule has 1 aromatic heterocycles. The maximum absolute atomic E-state index is 12.0. The Kier molecular flexibility index (Phi) is 5.15. The fourth-order valence-electron chi connectivity index (χ4n) is 2.04. The van der Waals surface area contributed by atoms with Crippen molar-refractivity contribution in [1.82, 2.24) is 4.98 Å². The predicted octanol–water partition coefficient (Wildman–Crippen LogP) is 0.466. The van der Waals surface area contributed by atoms with Gasteiger partial charge in [0.1, 0.15) is 37.8 Å². The molecule has 2 saturated heterocycles. The molecule has 3 heterocycles. The summed E-state index contributed by atoms with van der Waals surface area (Å²) >= 11 is 0. The molecule has 2 atom stereocenters. The lowest BCUT2D eigenvalue weighted by Gasteiger charge is -2.09. The van der Waals surface area contributed by atoms with E-state index in [0.29, 0.717) is 0 Å². The Morgan fingerprint density at radius 1 is 0.923 bits per heavy atom. The van der Waals surface area contributed by atoms with Crippen molar-refractivity contribution >= 4 is 24.2 Å². The maximum Gasteiger partial charge on any atom is 0.508 e. The van der Waals surface area contributed by atoms with Crippen molar-refractivity contribution in [3.8, 4) is 0 Å². The average molecular weight is 367 g/mol. The summed E-state index contributed by atoms with van der Waals surface area (Å²) in [6, 6.07) is 4.13. The van der Waals surface area contributed by atoms with Crippen molar-refractivity contribution in [1.29, 1.82) is 0 Å². The highest BCUT2D eigenvalue weighted by Gasteiger charge is 2.28. The molecule has 2 aliphatic heterocycles. The standard InChI is InChI=1S/C15H13NO10/c17-12(21-4-8-6-23-14(19)25-8)10-2-1-3-11(16-10)13(18)22-5-9-7-24-15(20)26-9/h1-3,8-9H,4-7H2. The third-order valence-corrected chi connectivity index (χ3v) is 3.27. The van der Waals surface area contributed by atoms with E-state index < -0.39 is 36.5 Å². The van der Waals surface area contributed by atoms with Crippen LogP contribution in [-0.4, -0.2) is 67.9 Å². The molecule has 0 aromatic carbocycles. The van der Waals surface area contributed by atoms with Gasteiger partial charge in [-0.2, -0.15) is 0 Å². The fourth-order valence-corrected chi connectivity index (χ4v) is 2.04. The molecule has 3 rings (SSSR count). The molecule has 11 nitrogen and oxygen atoms in total. The first kappa shape index (κ1) is 17.5. The summed E-state index contributed by atoms with van der Waals surface area (Å²) in [6.45, 7) is -0.426. The van der Waals surface area contributed by atoms with Crippen LogP contribution in [0, 0.1) is 0 Å². The zero-order valence-electron chi connectivity index (χ0n) is 13.2. The molecule has 1 aromatic rings. The van der Waals surface area contributed by atoms with Crippen LogP contribution in [0.5, 0.6) is 0 Å². The van der Waals surface area contributed by atoms with E-state index in [4.69, 9.17) is 18.9 Å². The average Bonchev–Trinajstić information content (AvgIpc) is 3.25. The summed E-state index contributed by atoms with van der Waals surface area (Å²) in [7, 11) is 0. The number of pyridine rings is 1. The van der Waals surface area contributed by atoms with E-state index in [9.17, 15) is 19.2 Å². The number of carbonyl (C=O) groups is 4. The van der Waals surface area contributed by atoms with Gasteiger partial charge in [-0.25, -0.2) is 24.2 Å². The van der Waals surface area contributed by atoms with Crippen LogP contribution >= 0.6 is 0 Å². The van der Waals surface area contributed by atoms with Crippen LogP contribution in [0.25, 0.3) is 0 Å². The van der Waals surface area contributed by atoms with E-state index in [0.717, 1.165) is 0 Å². The van der Waals surface area contributed by atoms with E-state index in [1.54, 1.807) is 0 Å². The second-order valence-corrected chi connectivity index (χ2v) is 5.21. The second-order valence-electron chi connectivity index (χ2n) is 5.21. The number of aromatic nitrogens is 1. The van der Waals surface area contributed by atoms with Gasteiger partial charge in [0.25, 0.3) is 0 Å². The number of nitrogens with zero attached hydrogens (tertiary/aromatic N) is 1. The number of cyclic esters (lactones) is 4. The minimum atomic E-state index is -0.827. The van der Waals surface area contributed by atoms with Crippen LogP contribution in [0.4, 0.5) is 9.59 Å².